The molecule has 0 aliphatic heterocycles. The summed E-state index contributed by atoms with van der Waals surface area (Å²) in [6.07, 6.45) is 11.2. The zero-order valence-corrected chi connectivity index (χ0v) is 11.1. The van der Waals surface area contributed by atoms with Crippen molar-refractivity contribution in [2.24, 2.45) is 5.92 Å². The van der Waals surface area contributed by atoms with Gasteiger partial charge in [0, 0.05) is 6.61 Å². The van der Waals surface area contributed by atoms with Crippen molar-refractivity contribution < 1.29 is 4.74 Å². The predicted molar refractivity (Wildman–Crippen MR) is 69.8 cm³/mol. The Labute approximate surface area is 101 Å². The summed E-state index contributed by atoms with van der Waals surface area (Å²) < 4.78 is 6.05. The summed E-state index contributed by atoms with van der Waals surface area (Å²) in [7, 11) is 2.02. The first-order valence-corrected chi connectivity index (χ1v) is 7.14. The smallest absolute Gasteiger partial charge is 0.0603 e. The summed E-state index contributed by atoms with van der Waals surface area (Å²) in [4.78, 5) is 0. The molecule has 1 aliphatic carbocycles. The Bertz CT molecular complexity index is 161. The van der Waals surface area contributed by atoms with E-state index in [1.807, 2.05) is 7.05 Å². The zero-order valence-electron chi connectivity index (χ0n) is 11.1. The van der Waals surface area contributed by atoms with Gasteiger partial charge in [0.05, 0.1) is 6.10 Å². The Morgan fingerprint density at radius 1 is 1.12 bits per heavy atom. The molecule has 1 N–H and O–H groups in total. The highest BCUT2D eigenvalue weighted by Crippen LogP contribution is 2.29. The molecule has 0 aromatic carbocycles. The van der Waals surface area contributed by atoms with E-state index in [9.17, 15) is 0 Å². The minimum atomic E-state index is 0.572. The molecule has 1 rings (SSSR count). The summed E-state index contributed by atoms with van der Waals surface area (Å²) in [5.74, 6) is 0.839. The van der Waals surface area contributed by atoms with Gasteiger partial charge in [-0.1, -0.05) is 26.2 Å². The Kier molecular flexibility index (Phi) is 7.87. The molecule has 0 saturated heterocycles. The maximum Gasteiger partial charge on any atom is 0.0603 e. The summed E-state index contributed by atoms with van der Waals surface area (Å²) in [5.41, 5.74) is 0. The van der Waals surface area contributed by atoms with Crippen molar-refractivity contribution in [3.05, 3.63) is 0 Å². The van der Waals surface area contributed by atoms with Gasteiger partial charge in [0.15, 0.2) is 0 Å². The van der Waals surface area contributed by atoms with E-state index >= 15 is 0 Å². The van der Waals surface area contributed by atoms with Crippen molar-refractivity contribution in [3.63, 3.8) is 0 Å². The lowest BCUT2D eigenvalue weighted by Gasteiger charge is -2.30. The van der Waals surface area contributed by atoms with Gasteiger partial charge in [-0.25, -0.2) is 0 Å². The monoisotopic (exact) mass is 227 g/mol. The van der Waals surface area contributed by atoms with Crippen molar-refractivity contribution in [3.8, 4) is 0 Å². The quantitative estimate of drug-likeness (QED) is 0.642. The molecule has 0 aromatic rings. The molecule has 1 fully saturated rings. The Hall–Kier alpha value is -0.0800. The molecule has 0 bridgehead atoms. The molecule has 2 nitrogen and oxygen atoms in total. The standard InChI is InChI=1S/C14H29NO/c1-3-13-9-5-6-10-14(13)16-12-8-4-7-11-15-2/h13-15H,3-12H2,1-2H3. The lowest BCUT2D eigenvalue weighted by molar-refractivity contribution is -0.0134. The summed E-state index contributed by atoms with van der Waals surface area (Å²) in [6.45, 7) is 4.42. The van der Waals surface area contributed by atoms with E-state index in [-0.39, 0.29) is 0 Å². The average Bonchev–Trinajstić information content (AvgIpc) is 2.34. The normalized spacial score (nSPS) is 25.9. The largest absolute Gasteiger partial charge is 0.378 e. The fourth-order valence-corrected chi connectivity index (χ4v) is 2.68. The van der Waals surface area contributed by atoms with Crippen molar-refractivity contribution in [1.82, 2.24) is 5.32 Å². The number of hydrogen-bond acceptors (Lipinski definition) is 2. The molecule has 0 radical (unpaired) electrons. The highest BCUT2D eigenvalue weighted by atomic mass is 16.5. The molecule has 2 heteroatoms. The second-order valence-electron chi connectivity index (χ2n) is 5.03. The minimum Gasteiger partial charge on any atom is -0.378 e. The minimum absolute atomic E-state index is 0.572. The predicted octanol–water partition coefficient (Wildman–Crippen LogP) is 3.36. The lowest BCUT2D eigenvalue weighted by atomic mass is 9.85. The van der Waals surface area contributed by atoms with Crippen LogP contribution >= 0.6 is 0 Å². The fourth-order valence-electron chi connectivity index (χ4n) is 2.68. The van der Waals surface area contributed by atoms with Crippen LogP contribution in [0, 0.1) is 5.92 Å². The second kappa shape index (κ2) is 9.00. The molecule has 0 spiro atoms. The molecule has 1 aliphatic rings. The van der Waals surface area contributed by atoms with E-state index in [1.54, 1.807) is 0 Å². The average molecular weight is 227 g/mol. The summed E-state index contributed by atoms with van der Waals surface area (Å²) in [5, 5.41) is 3.18. The van der Waals surface area contributed by atoms with Gasteiger partial charge >= 0.3 is 0 Å². The van der Waals surface area contributed by atoms with Gasteiger partial charge in [0.2, 0.25) is 0 Å². The topological polar surface area (TPSA) is 21.3 Å². The maximum absolute atomic E-state index is 6.05. The third kappa shape index (κ3) is 5.31. The van der Waals surface area contributed by atoms with Crippen LogP contribution in [0.15, 0.2) is 0 Å². The molecule has 16 heavy (non-hydrogen) atoms. The molecule has 96 valence electrons. The zero-order chi connectivity index (χ0) is 11.6. The van der Waals surface area contributed by atoms with Gasteiger partial charge in [-0.15, -0.1) is 0 Å². The first kappa shape index (κ1) is 14.0. The van der Waals surface area contributed by atoms with Gasteiger partial charge in [0.25, 0.3) is 0 Å². The van der Waals surface area contributed by atoms with Crippen molar-refractivity contribution >= 4 is 0 Å². The second-order valence-corrected chi connectivity index (χ2v) is 5.03. The van der Waals surface area contributed by atoms with Crippen LogP contribution < -0.4 is 5.32 Å². The van der Waals surface area contributed by atoms with E-state index in [4.69, 9.17) is 4.74 Å². The van der Waals surface area contributed by atoms with Crippen LogP contribution in [0.4, 0.5) is 0 Å². The van der Waals surface area contributed by atoms with Gasteiger partial charge in [-0.2, -0.15) is 0 Å². The van der Waals surface area contributed by atoms with Crippen LogP contribution in [-0.4, -0.2) is 26.3 Å². The number of nitrogens with one attached hydrogen (secondary N) is 1. The van der Waals surface area contributed by atoms with Crippen molar-refractivity contribution in [1.29, 1.82) is 0 Å². The molecular weight excluding hydrogens is 198 g/mol. The molecule has 1 saturated carbocycles. The van der Waals surface area contributed by atoms with Gasteiger partial charge in [0.1, 0.15) is 0 Å². The molecule has 0 aromatic heterocycles. The van der Waals surface area contributed by atoms with Crippen LogP contribution in [-0.2, 0) is 4.74 Å². The van der Waals surface area contributed by atoms with Crippen LogP contribution in [0.3, 0.4) is 0 Å². The number of rotatable bonds is 8. The van der Waals surface area contributed by atoms with E-state index in [2.05, 4.69) is 12.2 Å². The third-order valence-electron chi connectivity index (χ3n) is 3.77. The van der Waals surface area contributed by atoms with Gasteiger partial charge in [-0.05, 0) is 51.6 Å². The van der Waals surface area contributed by atoms with Crippen LogP contribution in [0.2, 0.25) is 0 Å². The van der Waals surface area contributed by atoms with E-state index < -0.39 is 0 Å². The molecule has 0 heterocycles. The molecule has 2 atom stereocenters. The third-order valence-corrected chi connectivity index (χ3v) is 3.77. The first-order valence-electron chi connectivity index (χ1n) is 7.14. The summed E-state index contributed by atoms with van der Waals surface area (Å²) in [6, 6.07) is 0. The highest BCUT2D eigenvalue weighted by Gasteiger charge is 2.23. The Morgan fingerprint density at radius 2 is 1.94 bits per heavy atom. The Morgan fingerprint density at radius 3 is 2.69 bits per heavy atom. The van der Waals surface area contributed by atoms with Crippen LogP contribution in [0.25, 0.3) is 0 Å². The molecule has 2 unspecified atom stereocenters. The molecular formula is C14H29NO. The maximum atomic E-state index is 6.05. The van der Waals surface area contributed by atoms with Crippen molar-refractivity contribution in [2.45, 2.75) is 64.4 Å². The molecule has 0 amide bonds. The number of ether oxygens (including phenoxy) is 1. The number of unbranched alkanes of at least 4 members (excludes halogenated alkanes) is 2. The van der Waals surface area contributed by atoms with Crippen molar-refractivity contribution in [2.75, 3.05) is 20.2 Å². The summed E-state index contributed by atoms with van der Waals surface area (Å²) >= 11 is 0. The van der Waals surface area contributed by atoms with E-state index in [1.165, 1.54) is 51.4 Å². The highest BCUT2D eigenvalue weighted by molar-refractivity contribution is 4.74. The van der Waals surface area contributed by atoms with Gasteiger partial charge < -0.3 is 10.1 Å². The van der Waals surface area contributed by atoms with Crippen LogP contribution in [0.5, 0.6) is 0 Å². The van der Waals surface area contributed by atoms with E-state index in [0.717, 1.165) is 19.1 Å². The fraction of sp³-hybridized carbons (Fsp3) is 1.00. The first-order chi connectivity index (χ1) is 7.88. The SMILES string of the molecule is CCC1CCCCC1OCCCCCNC. The Balaban J connectivity index is 2.02. The van der Waals surface area contributed by atoms with Crippen LogP contribution in [0.1, 0.15) is 58.3 Å². The van der Waals surface area contributed by atoms with Gasteiger partial charge in [-0.3, -0.25) is 0 Å². The number of hydrogen-bond donors (Lipinski definition) is 1. The van der Waals surface area contributed by atoms with E-state index in [0.29, 0.717) is 6.10 Å². The lowest BCUT2D eigenvalue weighted by Crippen LogP contribution is -2.27.